The molecule has 0 radical (unpaired) electrons. The van der Waals surface area contributed by atoms with E-state index in [0.717, 1.165) is 76.7 Å². The van der Waals surface area contributed by atoms with Crippen molar-refractivity contribution in [1.29, 1.82) is 0 Å². The predicted molar refractivity (Wildman–Crippen MR) is 102 cm³/mol. The molecule has 2 aliphatic heterocycles. The highest BCUT2D eigenvalue weighted by atomic mass is 16.2. The van der Waals surface area contributed by atoms with Crippen LogP contribution >= 0.6 is 0 Å². The van der Waals surface area contributed by atoms with Gasteiger partial charge >= 0.3 is 0 Å². The molecule has 1 saturated carbocycles. The molecule has 1 aliphatic carbocycles. The molecular formula is C22H30N2O2. The number of amides is 2. The van der Waals surface area contributed by atoms with Gasteiger partial charge in [0.05, 0.1) is 0 Å². The molecule has 4 rings (SSSR count). The van der Waals surface area contributed by atoms with E-state index in [-0.39, 0.29) is 5.91 Å². The molecule has 2 heterocycles. The molecule has 1 aromatic carbocycles. The summed E-state index contributed by atoms with van der Waals surface area (Å²) in [5.74, 6) is 1.57. The van der Waals surface area contributed by atoms with Crippen molar-refractivity contribution in [2.75, 3.05) is 26.2 Å². The largest absolute Gasteiger partial charge is 0.342 e. The Kier molecular flexibility index (Phi) is 5.28. The number of carbonyl (C=O) groups excluding carboxylic acids is 2. The number of likely N-dealkylation sites (tertiary alicyclic amines) is 2. The maximum Gasteiger partial charge on any atom is 0.253 e. The second-order valence-corrected chi connectivity index (χ2v) is 8.30. The van der Waals surface area contributed by atoms with Crippen molar-refractivity contribution in [1.82, 2.24) is 9.80 Å². The van der Waals surface area contributed by atoms with Crippen molar-refractivity contribution in [3.63, 3.8) is 0 Å². The lowest BCUT2D eigenvalue weighted by Gasteiger charge is -2.32. The summed E-state index contributed by atoms with van der Waals surface area (Å²) in [6.45, 7) is 3.65. The van der Waals surface area contributed by atoms with E-state index in [2.05, 4.69) is 17.0 Å². The highest BCUT2D eigenvalue weighted by Gasteiger charge is 2.34. The number of benzene rings is 1. The van der Waals surface area contributed by atoms with Crippen LogP contribution in [0.5, 0.6) is 0 Å². The number of carbonyl (C=O) groups is 2. The van der Waals surface area contributed by atoms with Crippen molar-refractivity contribution >= 4 is 11.8 Å². The van der Waals surface area contributed by atoms with Crippen LogP contribution in [0.15, 0.2) is 24.3 Å². The highest BCUT2D eigenvalue weighted by Crippen LogP contribution is 2.33. The van der Waals surface area contributed by atoms with Crippen LogP contribution in [0.4, 0.5) is 0 Å². The molecule has 140 valence electrons. The summed E-state index contributed by atoms with van der Waals surface area (Å²) in [4.78, 5) is 28.8. The second-order valence-electron chi connectivity index (χ2n) is 8.30. The van der Waals surface area contributed by atoms with Crippen LogP contribution in [0.25, 0.3) is 0 Å². The number of piperidine rings is 2. The first kappa shape index (κ1) is 17.6. The van der Waals surface area contributed by atoms with E-state index in [9.17, 15) is 9.59 Å². The van der Waals surface area contributed by atoms with Gasteiger partial charge in [0, 0.05) is 37.7 Å². The van der Waals surface area contributed by atoms with E-state index in [1.54, 1.807) is 0 Å². The Morgan fingerprint density at radius 3 is 2.08 bits per heavy atom. The fraction of sp³-hybridized carbons (Fsp3) is 0.636. The van der Waals surface area contributed by atoms with Crippen LogP contribution in [0.2, 0.25) is 0 Å². The summed E-state index contributed by atoms with van der Waals surface area (Å²) in [6, 6.07) is 8.24. The summed E-state index contributed by atoms with van der Waals surface area (Å²) in [5, 5.41) is 0. The molecular weight excluding hydrogens is 324 g/mol. The van der Waals surface area contributed by atoms with Gasteiger partial charge in [-0.25, -0.2) is 0 Å². The minimum absolute atomic E-state index is 0.183. The molecule has 3 fully saturated rings. The van der Waals surface area contributed by atoms with E-state index >= 15 is 0 Å². The molecule has 0 unspecified atom stereocenters. The van der Waals surface area contributed by atoms with E-state index in [1.807, 2.05) is 17.0 Å². The molecule has 2 amide bonds. The minimum Gasteiger partial charge on any atom is -0.342 e. The lowest BCUT2D eigenvalue weighted by molar-refractivity contribution is -0.133. The van der Waals surface area contributed by atoms with Gasteiger partial charge in [-0.15, -0.1) is 0 Å². The molecule has 26 heavy (non-hydrogen) atoms. The monoisotopic (exact) mass is 354 g/mol. The Balaban J connectivity index is 1.27. The topological polar surface area (TPSA) is 40.6 Å². The molecule has 4 nitrogen and oxygen atoms in total. The summed E-state index contributed by atoms with van der Waals surface area (Å²) >= 11 is 0. The number of nitrogens with zero attached hydrogens (tertiary/aromatic N) is 2. The molecule has 0 N–H and O–H groups in total. The van der Waals surface area contributed by atoms with Gasteiger partial charge in [-0.2, -0.15) is 0 Å². The normalized spacial score (nSPS) is 21.7. The summed E-state index contributed by atoms with van der Waals surface area (Å²) < 4.78 is 0. The lowest BCUT2D eigenvalue weighted by Crippen LogP contribution is -2.39. The maximum absolute atomic E-state index is 12.5. The molecule has 1 aromatic rings. The number of hydrogen-bond donors (Lipinski definition) is 0. The minimum atomic E-state index is 0.183. The van der Waals surface area contributed by atoms with Gasteiger partial charge in [0.1, 0.15) is 0 Å². The Morgan fingerprint density at radius 1 is 0.808 bits per heavy atom. The first-order valence-electron chi connectivity index (χ1n) is 10.4. The number of hydrogen-bond acceptors (Lipinski definition) is 2. The Hall–Kier alpha value is -1.84. The van der Waals surface area contributed by atoms with Crippen molar-refractivity contribution in [2.24, 2.45) is 11.8 Å². The van der Waals surface area contributed by atoms with Gasteiger partial charge in [0.15, 0.2) is 0 Å². The van der Waals surface area contributed by atoms with Crippen LogP contribution in [0, 0.1) is 11.8 Å². The van der Waals surface area contributed by atoms with E-state index in [1.165, 1.54) is 12.0 Å². The third-order valence-corrected chi connectivity index (χ3v) is 6.22. The highest BCUT2D eigenvalue weighted by molar-refractivity contribution is 5.94. The van der Waals surface area contributed by atoms with Crippen LogP contribution in [0.1, 0.15) is 60.9 Å². The van der Waals surface area contributed by atoms with Crippen molar-refractivity contribution in [3.05, 3.63) is 35.4 Å². The van der Waals surface area contributed by atoms with Gasteiger partial charge in [-0.1, -0.05) is 12.1 Å². The SMILES string of the molecule is O=C(c1ccc(CC2CCN(C(=O)C3CC3)CC2)cc1)N1CCCCC1. The fourth-order valence-electron chi connectivity index (χ4n) is 4.34. The summed E-state index contributed by atoms with van der Waals surface area (Å²) in [6.07, 6.45) is 8.97. The average Bonchev–Trinajstić information content (AvgIpc) is 3.54. The van der Waals surface area contributed by atoms with Crippen LogP contribution in [-0.4, -0.2) is 47.8 Å². The average molecular weight is 354 g/mol. The van der Waals surface area contributed by atoms with Crippen LogP contribution in [0.3, 0.4) is 0 Å². The zero-order chi connectivity index (χ0) is 17.9. The molecule has 0 spiro atoms. The molecule has 0 aromatic heterocycles. The standard InChI is InChI=1S/C22H30N2O2/c25-21(23-12-2-1-3-13-23)19-6-4-17(5-7-19)16-18-10-14-24(15-11-18)22(26)20-8-9-20/h4-7,18,20H,1-3,8-16H2. The molecule has 0 atom stereocenters. The zero-order valence-electron chi connectivity index (χ0n) is 15.7. The Bertz CT molecular complexity index is 637. The van der Waals surface area contributed by atoms with E-state index in [0.29, 0.717) is 17.7 Å². The zero-order valence-corrected chi connectivity index (χ0v) is 15.7. The van der Waals surface area contributed by atoms with Gasteiger partial charge in [-0.05, 0) is 75.0 Å². The first-order valence-corrected chi connectivity index (χ1v) is 10.4. The Morgan fingerprint density at radius 2 is 1.46 bits per heavy atom. The quantitative estimate of drug-likeness (QED) is 0.830. The molecule has 0 bridgehead atoms. The lowest BCUT2D eigenvalue weighted by atomic mass is 9.89. The fourth-order valence-corrected chi connectivity index (χ4v) is 4.34. The second kappa shape index (κ2) is 7.81. The number of rotatable bonds is 4. The maximum atomic E-state index is 12.5. The molecule has 3 aliphatic rings. The van der Waals surface area contributed by atoms with Gasteiger partial charge < -0.3 is 9.80 Å². The summed E-state index contributed by atoms with van der Waals surface area (Å²) in [5.41, 5.74) is 2.13. The van der Waals surface area contributed by atoms with Gasteiger partial charge in [-0.3, -0.25) is 9.59 Å². The Labute approximate surface area is 156 Å². The van der Waals surface area contributed by atoms with Crippen molar-refractivity contribution in [3.8, 4) is 0 Å². The van der Waals surface area contributed by atoms with Gasteiger partial charge in [0.2, 0.25) is 5.91 Å². The third kappa shape index (κ3) is 4.11. The van der Waals surface area contributed by atoms with E-state index < -0.39 is 0 Å². The smallest absolute Gasteiger partial charge is 0.253 e. The first-order chi connectivity index (χ1) is 12.7. The predicted octanol–water partition coefficient (Wildman–Crippen LogP) is 3.50. The third-order valence-electron chi connectivity index (χ3n) is 6.22. The van der Waals surface area contributed by atoms with Crippen molar-refractivity contribution in [2.45, 2.75) is 51.4 Å². The van der Waals surface area contributed by atoms with Crippen molar-refractivity contribution < 1.29 is 9.59 Å². The molecule has 2 saturated heterocycles. The van der Waals surface area contributed by atoms with Crippen LogP contribution < -0.4 is 0 Å². The summed E-state index contributed by atoms with van der Waals surface area (Å²) in [7, 11) is 0. The van der Waals surface area contributed by atoms with E-state index in [4.69, 9.17) is 0 Å². The van der Waals surface area contributed by atoms with Gasteiger partial charge in [0.25, 0.3) is 5.91 Å². The molecule has 4 heteroatoms. The van der Waals surface area contributed by atoms with Crippen LogP contribution in [-0.2, 0) is 11.2 Å².